The summed E-state index contributed by atoms with van der Waals surface area (Å²) in [5, 5.41) is 4.79. The summed E-state index contributed by atoms with van der Waals surface area (Å²) in [6.45, 7) is 0.514. The number of thiophene rings is 1. The molecule has 0 saturated carbocycles. The van der Waals surface area contributed by atoms with Gasteiger partial charge in [-0.05, 0) is 23.6 Å². The molecule has 1 aromatic carbocycles. The summed E-state index contributed by atoms with van der Waals surface area (Å²) in [4.78, 5) is 21.2. The van der Waals surface area contributed by atoms with Crippen LogP contribution in [0.5, 0.6) is 5.75 Å². The van der Waals surface area contributed by atoms with Crippen LogP contribution in [0.2, 0.25) is 0 Å². The van der Waals surface area contributed by atoms with Crippen LogP contribution in [0.3, 0.4) is 0 Å². The van der Waals surface area contributed by atoms with E-state index in [2.05, 4.69) is 15.3 Å². The van der Waals surface area contributed by atoms with Crippen LogP contribution in [0.4, 0.5) is 0 Å². The molecular formula is C15H13N3O2S. The molecule has 21 heavy (non-hydrogen) atoms. The highest BCUT2D eigenvalue weighted by atomic mass is 32.1. The first-order valence-electron chi connectivity index (χ1n) is 6.44. The highest BCUT2D eigenvalue weighted by Crippen LogP contribution is 2.17. The van der Waals surface area contributed by atoms with Gasteiger partial charge >= 0.3 is 0 Å². The molecule has 0 saturated heterocycles. The van der Waals surface area contributed by atoms with Crippen molar-refractivity contribution in [3.63, 3.8) is 0 Å². The molecule has 0 fully saturated rings. The lowest BCUT2D eigenvalue weighted by molar-refractivity contribution is -0.123. The lowest BCUT2D eigenvalue weighted by atomic mass is 10.3. The molecule has 0 unspecified atom stereocenters. The first-order chi connectivity index (χ1) is 10.3. The summed E-state index contributed by atoms with van der Waals surface area (Å²) in [5.41, 5.74) is 1.54. The van der Waals surface area contributed by atoms with Crippen LogP contribution in [0.25, 0.3) is 11.0 Å². The lowest BCUT2D eigenvalue weighted by Crippen LogP contribution is -2.28. The normalized spacial score (nSPS) is 10.5. The van der Waals surface area contributed by atoms with Crippen molar-refractivity contribution in [2.45, 2.75) is 6.54 Å². The van der Waals surface area contributed by atoms with Gasteiger partial charge in [0.05, 0.1) is 17.6 Å². The van der Waals surface area contributed by atoms with Crippen LogP contribution < -0.4 is 10.1 Å². The molecule has 0 aliphatic carbocycles. The number of aromatic nitrogens is 2. The Morgan fingerprint density at radius 1 is 1.19 bits per heavy atom. The van der Waals surface area contributed by atoms with Crippen LogP contribution >= 0.6 is 11.3 Å². The zero-order chi connectivity index (χ0) is 14.5. The number of carbonyl (C=O) groups excluding carboxylic acids is 1. The zero-order valence-corrected chi connectivity index (χ0v) is 12.0. The molecule has 0 bridgehead atoms. The molecule has 3 aromatic rings. The van der Waals surface area contributed by atoms with Gasteiger partial charge in [-0.3, -0.25) is 14.8 Å². The molecule has 5 nitrogen and oxygen atoms in total. The van der Waals surface area contributed by atoms with E-state index in [1.54, 1.807) is 35.9 Å². The average molecular weight is 299 g/mol. The van der Waals surface area contributed by atoms with E-state index in [-0.39, 0.29) is 12.5 Å². The molecule has 0 spiro atoms. The summed E-state index contributed by atoms with van der Waals surface area (Å²) in [5.74, 6) is 0.455. The third kappa shape index (κ3) is 3.55. The molecule has 106 valence electrons. The van der Waals surface area contributed by atoms with Gasteiger partial charge in [0.15, 0.2) is 6.61 Å². The Bertz CT molecular complexity index is 744. The quantitative estimate of drug-likeness (QED) is 0.785. The Morgan fingerprint density at radius 3 is 2.86 bits per heavy atom. The fourth-order valence-corrected chi connectivity index (χ4v) is 2.48. The number of amides is 1. The topological polar surface area (TPSA) is 64.1 Å². The third-order valence-electron chi connectivity index (χ3n) is 2.85. The van der Waals surface area contributed by atoms with Crippen LogP contribution in [0, 0.1) is 0 Å². The van der Waals surface area contributed by atoms with Gasteiger partial charge in [-0.15, -0.1) is 11.3 Å². The van der Waals surface area contributed by atoms with E-state index < -0.39 is 0 Å². The molecule has 0 radical (unpaired) electrons. The first-order valence-corrected chi connectivity index (χ1v) is 7.32. The molecule has 1 amide bonds. The molecule has 1 N–H and O–H groups in total. The van der Waals surface area contributed by atoms with E-state index >= 15 is 0 Å². The van der Waals surface area contributed by atoms with Crippen molar-refractivity contribution in [1.82, 2.24) is 15.3 Å². The Kier molecular flexibility index (Phi) is 4.07. The minimum atomic E-state index is -0.150. The van der Waals surface area contributed by atoms with Gasteiger partial charge in [-0.25, -0.2) is 0 Å². The summed E-state index contributed by atoms with van der Waals surface area (Å²) in [7, 11) is 0. The van der Waals surface area contributed by atoms with Crippen LogP contribution in [-0.2, 0) is 11.3 Å². The third-order valence-corrected chi connectivity index (χ3v) is 3.73. The van der Waals surface area contributed by atoms with E-state index in [0.29, 0.717) is 12.3 Å². The Labute approximate surface area is 125 Å². The van der Waals surface area contributed by atoms with Crippen molar-refractivity contribution in [2.75, 3.05) is 6.61 Å². The minimum Gasteiger partial charge on any atom is -0.484 e. The molecule has 0 aliphatic heterocycles. The summed E-state index contributed by atoms with van der Waals surface area (Å²) in [6.07, 6.45) is 3.26. The molecule has 6 heteroatoms. The van der Waals surface area contributed by atoms with Crippen LogP contribution in [0.15, 0.2) is 48.1 Å². The number of ether oxygens (including phenoxy) is 1. The molecule has 3 rings (SSSR count). The average Bonchev–Trinajstić information content (AvgIpc) is 3.04. The summed E-state index contributed by atoms with van der Waals surface area (Å²) in [6, 6.07) is 9.31. The molecule has 0 atom stereocenters. The van der Waals surface area contributed by atoms with E-state index in [1.807, 2.05) is 23.6 Å². The lowest BCUT2D eigenvalue weighted by Gasteiger charge is -2.07. The van der Waals surface area contributed by atoms with E-state index in [0.717, 1.165) is 15.9 Å². The summed E-state index contributed by atoms with van der Waals surface area (Å²) < 4.78 is 5.47. The van der Waals surface area contributed by atoms with Crippen LogP contribution in [-0.4, -0.2) is 22.5 Å². The number of carbonyl (C=O) groups is 1. The van der Waals surface area contributed by atoms with Gasteiger partial charge in [0, 0.05) is 23.3 Å². The minimum absolute atomic E-state index is 0.0167. The maximum absolute atomic E-state index is 11.7. The smallest absolute Gasteiger partial charge is 0.258 e. The highest BCUT2D eigenvalue weighted by molar-refractivity contribution is 7.09. The summed E-state index contributed by atoms with van der Waals surface area (Å²) >= 11 is 1.61. The second-order valence-corrected chi connectivity index (χ2v) is 5.38. The van der Waals surface area contributed by atoms with Crippen LogP contribution in [0.1, 0.15) is 4.88 Å². The second-order valence-electron chi connectivity index (χ2n) is 4.35. The molecule has 0 aliphatic rings. The number of nitrogens with one attached hydrogen (secondary N) is 1. The Hall–Kier alpha value is -2.47. The van der Waals surface area contributed by atoms with E-state index in [1.165, 1.54) is 0 Å². The number of benzene rings is 1. The predicted octanol–water partition coefficient (Wildman–Crippen LogP) is 2.39. The van der Waals surface area contributed by atoms with E-state index in [9.17, 15) is 4.79 Å². The Morgan fingerprint density at radius 2 is 2.05 bits per heavy atom. The maximum atomic E-state index is 11.7. The van der Waals surface area contributed by atoms with Crippen molar-refractivity contribution in [1.29, 1.82) is 0 Å². The van der Waals surface area contributed by atoms with E-state index in [4.69, 9.17) is 4.74 Å². The molecular weight excluding hydrogens is 286 g/mol. The van der Waals surface area contributed by atoms with Crippen molar-refractivity contribution in [2.24, 2.45) is 0 Å². The van der Waals surface area contributed by atoms with Gasteiger partial charge in [0.1, 0.15) is 5.75 Å². The number of hydrogen-bond donors (Lipinski definition) is 1. The largest absolute Gasteiger partial charge is 0.484 e. The number of fused-ring (bicyclic) bond motifs is 1. The van der Waals surface area contributed by atoms with Crippen molar-refractivity contribution in [3.05, 3.63) is 53.0 Å². The van der Waals surface area contributed by atoms with Gasteiger partial charge in [0.2, 0.25) is 0 Å². The van der Waals surface area contributed by atoms with Gasteiger partial charge in [-0.1, -0.05) is 6.07 Å². The number of hydrogen-bond acceptors (Lipinski definition) is 5. The maximum Gasteiger partial charge on any atom is 0.258 e. The van der Waals surface area contributed by atoms with Crippen molar-refractivity contribution < 1.29 is 9.53 Å². The standard InChI is InChI=1S/C15H13N3O2S/c19-15(18-9-12-2-1-7-21-12)10-20-11-3-4-13-14(8-11)17-6-5-16-13/h1-8H,9-10H2,(H,18,19). The monoisotopic (exact) mass is 299 g/mol. The number of nitrogens with zero attached hydrogens (tertiary/aromatic N) is 2. The molecule has 2 heterocycles. The fourth-order valence-electron chi connectivity index (χ4n) is 1.83. The van der Waals surface area contributed by atoms with Crippen molar-refractivity contribution in [3.8, 4) is 5.75 Å². The predicted molar refractivity (Wildman–Crippen MR) is 81.2 cm³/mol. The first kappa shape index (κ1) is 13.5. The second kappa shape index (κ2) is 6.32. The van der Waals surface area contributed by atoms with Gasteiger partial charge in [0.25, 0.3) is 5.91 Å². The van der Waals surface area contributed by atoms with Gasteiger partial charge < -0.3 is 10.1 Å². The molecule has 2 aromatic heterocycles. The van der Waals surface area contributed by atoms with Crippen molar-refractivity contribution >= 4 is 28.3 Å². The highest BCUT2D eigenvalue weighted by Gasteiger charge is 2.04. The fraction of sp³-hybridized carbons (Fsp3) is 0.133. The van der Waals surface area contributed by atoms with Gasteiger partial charge in [-0.2, -0.15) is 0 Å². The zero-order valence-electron chi connectivity index (χ0n) is 11.2. The SMILES string of the molecule is O=C(COc1ccc2nccnc2c1)NCc1cccs1. The number of rotatable bonds is 5. The Balaban J connectivity index is 1.54.